The number of benzene rings is 2. The van der Waals surface area contributed by atoms with Crippen molar-refractivity contribution in [2.45, 2.75) is 5.75 Å². The highest BCUT2D eigenvalue weighted by Gasteiger charge is 2.09. The number of thioether (sulfide) groups is 1. The normalized spacial score (nSPS) is 10.8. The summed E-state index contributed by atoms with van der Waals surface area (Å²) < 4.78 is 5.26. The van der Waals surface area contributed by atoms with E-state index in [1.54, 1.807) is 36.4 Å². The van der Waals surface area contributed by atoms with Crippen LogP contribution < -0.4 is 9.84 Å². The Labute approximate surface area is 155 Å². The molecule has 2 aromatic carbocycles. The molecule has 0 atom stereocenters. The van der Waals surface area contributed by atoms with Gasteiger partial charge in [0.2, 0.25) is 0 Å². The smallest absolute Gasteiger partial charge is 0.185 e. The molecule has 0 fully saturated rings. The monoisotopic (exact) mass is 375 g/mol. The first-order valence-electron chi connectivity index (χ1n) is 7.42. The van der Waals surface area contributed by atoms with Crippen LogP contribution in [-0.2, 0) is 10.5 Å². The molecule has 0 aliphatic rings. The van der Waals surface area contributed by atoms with Crippen LogP contribution in [0.4, 0.5) is 0 Å². The summed E-state index contributed by atoms with van der Waals surface area (Å²) in [5.41, 5.74) is 2.10. The van der Waals surface area contributed by atoms with Crippen LogP contribution in [0.3, 0.4) is 0 Å². The van der Waals surface area contributed by atoms with Crippen LogP contribution in [0.25, 0.3) is 6.08 Å². The highest BCUT2D eigenvalue weighted by molar-refractivity contribution is 7.99. The number of methoxy groups -OCH3 is 1. The van der Waals surface area contributed by atoms with Crippen LogP contribution in [0.1, 0.15) is 21.5 Å². The van der Waals surface area contributed by atoms with Crippen molar-refractivity contribution < 1.29 is 19.4 Å². The van der Waals surface area contributed by atoms with Crippen molar-refractivity contribution in [2.75, 3.05) is 12.9 Å². The molecular formula is C19H16ClO4S-. The van der Waals surface area contributed by atoms with Crippen LogP contribution >= 0.6 is 23.4 Å². The number of aliphatic carboxylic acids is 1. The maximum Gasteiger partial charge on any atom is 0.185 e. The van der Waals surface area contributed by atoms with Crippen LogP contribution in [-0.4, -0.2) is 24.6 Å². The third-order valence-corrected chi connectivity index (χ3v) is 4.51. The van der Waals surface area contributed by atoms with Crippen molar-refractivity contribution in [1.29, 1.82) is 0 Å². The number of carboxylic acid groups (broad SMARTS) is 1. The van der Waals surface area contributed by atoms with E-state index >= 15 is 0 Å². The van der Waals surface area contributed by atoms with Gasteiger partial charge >= 0.3 is 0 Å². The third kappa shape index (κ3) is 5.96. The van der Waals surface area contributed by atoms with Crippen LogP contribution in [0.15, 0.2) is 48.5 Å². The summed E-state index contributed by atoms with van der Waals surface area (Å²) in [7, 11) is 1.53. The second-order valence-corrected chi connectivity index (χ2v) is 6.57. The van der Waals surface area contributed by atoms with Crippen LogP contribution in [0, 0.1) is 0 Å². The molecule has 0 bridgehead atoms. The lowest BCUT2D eigenvalue weighted by molar-refractivity contribution is -0.301. The number of hydrogen-bond donors (Lipinski definition) is 0. The molecule has 0 amide bonds. The molecule has 25 heavy (non-hydrogen) atoms. The lowest BCUT2D eigenvalue weighted by Crippen LogP contribution is -2.24. The molecule has 2 aromatic rings. The zero-order valence-corrected chi connectivity index (χ0v) is 15.1. The summed E-state index contributed by atoms with van der Waals surface area (Å²) in [6, 6.07) is 12.3. The van der Waals surface area contributed by atoms with Crippen molar-refractivity contribution in [3.8, 4) is 5.75 Å². The van der Waals surface area contributed by atoms with E-state index in [0.717, 1.165) is 11.1 Å². The van der Waals surface area contributed by atoms with Gasteiger partial charge in [0.15, 0.2) is 5.78 Å². The number of carbonyl (C=O) groups is 2. The number of carboxylic acids is 1. The van der Waals surface area contributed by atoms with E-state index in [4.69, 9.17) is 16.3 Å². The summed E-state index contributed by atoms with van der Waals surface area (Å²) in [6.45, 7) is 0. The van der Waals surface area contributed by atoms with Gasteiger partial charge in [-0.05, 0) is 42.0 Å². The number of ether oxygens (including phenoxy) is 1. The number of allylic oxidation sites excluding steroid dienone is 1. The first-order valence-corrected chi connectivity index (χ1v) is 8.95. The Bertz CT molecular complexity index is 802. The molecular weight excluding hydrogens is 360 g/mol. The third-order valence-electron chi connectivity index (χ3n) is 3.32. The van der Waals surface area contributed by atoms with Crippen LogP contribution in [0.5, 0.6) is 5.75 Å². The molecule has 0 heterocycles. The summed E-state index contributed by atoms with van der Waals surface area (Å²) in [4.78, 5) is 22.9. The molecule has 0 radical (unpaired) electrons. The quantitative estimate of drug-likeness (QED) is 0.523. The Balaban J connectivity index is 2.14. The summed E-state index contributed by atoms with van der Waals surface area (Å²) >= 11 is 7.11. The number of ketones is 1. The Morgan fingerprint density at radius 1 is 1.24 bits per heavy atom. The lowest BCUT2D eigenvalue weighted by Gasteiger charge is -2.10. The summed E-state index contributed by atoms with van der Waals surface area (Å²) in [6.07, 6.45) is 3.18. The molecule has 0 aliphatic heterocycles. The minimum absolute atomic E-state index is 0.115. The maximum absolute atomic E-state index is 12.4. The maximum atomic E-state index is 12.4. The Morgan fingerprint density at radius 2 is 2.04 bits per heavy atom. The van der Waals surface area contributed by atoms with E-state index < -0.39 is 5.97 Å². The first-order chi connectivity index (χ1) is 12.0. The SMILES string of the molecule is COc1ccc(C(=O)/C=C/c2cccc(Cl)c2)cc1CSCC(=O)[O-]. The number of halogens is 1. The van der Waals surface area contributed by atoms with Gasteiger partial charge in [-0.1, -0.05) is 29.8 Å². The zero-order valence-electron chi connectivity index (χ0n) is 13.5. The number of carbonyl (C=O) groups excluding carboxylic acids is 2. The van der Waals surface area contributed by atoms with Crippen molar-refractivity contribution in [2.24, 2.45) is 0 Å². The van der Waals surface area contributed by atoms with Gasteiger partial charge in [0.25, 0.3) is 0 Å². The fourth-order valence-corrected chi connectivity index (χ4v) is 3.08. The van der Waals surface area contributed by atoms with E-state index in [2.05, 4.69) is 0 Å². The summed E-state index contributed by atoms with van der Waals surface area (Å²) in [5.74, 6) is -0.373. The second kappa shape index (κ2) is 9.30. The highest BCUT2D eigenvalue weighted by Crippen LogP contribution is 2.25. The van der Waals surface area contributed by atoms with Crippen molar-refractivity contribution in [3.05, 3.63) is 70.3 Å². The predicted octanol–water partition coefficient (Wildman–Crippen LogP) is 3.23. The average molecular weight is 376 g/mol. The molecule has 0 N–H and O–H groups in total. The van der Waals surface area contributed by atoms with E-state index in [-0.39, 0.29) is 11.5 Å². The minimum Gasteiger partial charge on any atom is -0.549 e. The molecule has 0 spiro atoms. The van der Waals surface area contributed by atoms with Gasteiger partial charge in [0.1, 0.15) is 5.75 Å². The lowest BCUT2D eigenvalue weighted by atomic mass is 10.1. The molecule has 2 rings (SSSR count). The topological polar surface area (TPSA) is 66.4 Å². The number of hydrogen-bond acceptors (Lipinski definition) is 5. The van der Waals surface area contributed by atoms with Gasteiger partial charge in [0.05, 0.1) is 13.1 Å². The zero-order chi connectivity index (χ0) is 18.2. The standard InChI is InChI=1S/C19H17ClO4S/c1-24-18-8-6-14(10-15(18)11-25-12-19(22)23)17(21)7-5-13-3-2-4-16(20)9-13/h2-10H,11-12H2,1H3,(H,22,23)/p-1/b7-5+. The van der Waals surface area contributed by atoms with Crippen molar-refractivity contribution >= 4 is 41.2 Å². The fourth-order valence-electron chi connectivity index (χ4n) is 2.17. The first kappa shape index (κ1) is 19.1. The van der Waals surface area contributed by atoms with E-state index in [9.17, 15) is 14.7 Å². The Hall–Kier alpha value is -2.24. The molecule has 0 aromatic heterocycles. The molecule has 0 unspecified atom stereocenters. The molecule has 0 saturated carbocycles. The molecule has 130 valence electrons. The number of rotatable bonds is 8. The largest absolute Gasteiger partial charge is 0.549 e. The van der Waals surface area contributed by atoms with Crippen molar-refractivity contribution in [1.82, 2.24) is 0 Å². The molecule has 4 nitrogen and oxygen atoms in total. The van der Waals surface area contributed by atoms with Crippen molar-refractivity contribution in [3.63, 3.8) is 0 Å². The van der Waals surface area contributed by atoms with E-state index in [1.807, 2.05) is 12.1 Å². The molecule has 6 heteroatoms. The van der Waals surface area contributed by atoms with Gasteiger partial charge < -0.3 is 14.6 Å². The average Bonchev–Trinajstić information content (AvgIpc) is 2.59. The predicted molar refractivity (Wildman–Crippen MR) is 99.0 cm³/mol. The molecule has 0 saturated heterocycles. The van der Waals surface area contributed by atoms with Gasteiger partial charge in [-0.15, -0.1) is 0 Å². The molecule has 0 aliphatic carbocycles. The fraction of sp³-hybridized carbons (Fsp3) is 0.158. The van der Waals surface area contributed by atoms with E-state index in [0.29, 0.717) is 22.1 Å². The van der Waals surface area contributed by atoms with Gasteiger partial charge in [-0.25, -0.2) is 0 Å². The Kier molecular flexibility index (Phi) is 7.10. The minimum atomic E-state index is -1.12. The Morgan fingerprint density at radius 3 is 2.72 bits per heavy atom. The summed E-state index contributed by atoms with van der Waals surface area (Å²) in [5, 5.41) is 11.1. The van der Waals surface area contributed by atoms with Crippen LogP contribution in [0.2, 0.25) is 5.02 Å². The van der Waals surface area contributed by atoms with Gasteiger partial charge in [-0.3, -0.25) is 4.79 Å². The van der Waals surface area contributed by atoms with Gasteiger partial charge in [-0.2, -0.15) is 11.8 Å². The second-order valence-electron chi connectivity index (χ2n) is 5.14. The van der Waals surface area contributed by atoms with Gasteiger partial charge in [0, 0.05) is 27.7 Å². The highest BCUT2D eigenvalue weighted by atomic mass is 35.5. The van der Waals surface area contributed by atoms with E-state index in [1.165, 1.54) is 24.9 Å².